The van der Waals surface area contributed by atoms with Crippen molar-refractivity contribution in [3.05, 3.63) is 290 Å². The van der Waals surface area contributed by atoms with Crippen LogP contribution in [-0.2, 0) is 21.1 Å². The predicted molar refractivity (Wildman–Crippen MR) is 327 cm³/mol. The van der Waals surface area contributed by atoms with Gasteiger partial charge >= 0.3 is 14.0 Å². The molecule has 0 unspecified atom stereocenters. The van der Waals surface area contributed by atoms with Crippen molar-refractivity contribution in [2.45, 2.75) is 27.7 Å². The summed E-state index contributed by atoms with van der Waals surface area (Å²) in [5, 5.41) is 0. The molecule has 7 nitrogen and oxygen atoms in total. The average molecular weight is 1210 g/mol. The fourth-order valence-corrected chi connectivity index (χ4v) is 12.3. The average Bonchev–Trinajstić information content (AvgIpc) is 4.28. The minimum atomic E-state index is -0.322. The molecule has 0 aliphatic carbocycles. The quantitative estimate of drug-likeness (QED) is 0.0774. The smallest absolute Gasteiger partial charge is 0.415 e. The second kappa shape index (κ2) is 20.9. The molecule has 0 spiro atoms. The molecule has 0 radical (unpaired) electrons. The van der Waals surface area contributed by atoms with Gasteiger partial charge in [-0.1, -0.05) is 221 Å². The Labute approximate surface area is 483 Å². The van der Waals surface area contributed by atoms with E-state index in [1.807, 2.05) is 12.3 Å². The van der Waals surface area contributed by atoms with Crippen LogP contribution in [0, 0.1) is 46.2 Å². The van der Waals surface area contributed by atoms with Gasteiger partial charge in [0.2, 0.25) is 0 Å². The minimum Gasteiger partial charge on any atom is -0.415 e. The van der Waals surface area contributed by atoms with Gasteiger partial charge in [0.05, 0.1) is 22.4 Å². The van der Waals surface area contributed by atoms with Crippen LogP contribution in [0.2, 0.25) is 0 Å². The van der Waals surface area contributed by atoms with Crippen molar-refractivity contribution in [1.29, 1.82) is 0 Å². The Morgan fingerprint density at radius 1 is 0.400 bits per heavy atom. The van der Waals surface area contributed by atoms with E-state index < -0.39 is 0 Å². The number of anilines is 8. The monoisotopic (exact) mass is 1210 g/mol. The van der Waals surface area contributed by atoms with E-state index in [9.17, 15) is 0 Å². The Morgan fingerprint density at radius 2 is 0.887 bits per heavy atom. The molecule has 0 N–H and O–H groups in total. The maximum atomic E-state index is 5.21. The Balaban J connectivity index is 0.00000605. The van der Waals surface area contributed by atoms with Crippen molar-refractivity contribution in [3.8, 4) is 33.6 Å². The molecule has 0 amide bonds. The van der Waals surface area contributed by atoms with Gasteiger partial charge in [-0.3, -0.25) is 4.57 Å². The van der Waals surface area contributed by atoms with Crippen LogP contribution in [0.15, 0.2) is 249 Å². The number of imidazole rings is 1. The predicted octanol–water partition coefficient (Wildman–Crippen LogP) is 14.6. The normalized spacial score (nSPS) is 12.8. The van der Waals surface area contributed by atoms with Crippen LogP contribution < -0.4 is 34.7 Å². The molecule has 10 aromatic carbocycles. The number of fused-ring (bicyclic) bond motifs is 3. The van der Waals surface area contributed by atoms with E-state index in [2.05, 4.69) is 311 Å². The minimum absolute atomic E-state index is 0. The van der Waals surface area contributed by atoms with Crippen molar-refractivity contribution in [2.24, 2.45) is 0 Å². The molecule has 0 fully saturated rings. The Morgan fingerprint density at radius 3 is 1.49 bits per heavy atom. The third kappa shape index (κ3) is 8.43. The molecule has 0 saturated carbocycles. The van der Waals surface area contributed by atoms with E-state index in [0.717, 1.165) is 90.3 Å². The van der Waals surface area contributed by atoms with Crippen LogP contribution >= 0.6 is 0 Å². The molecule has 0 atom stereocenters. The van der Waals surface area contributed by atoms with Crippen LogP contribution in [0.25, 0.3) is 44.7 Å². The molecule has 12 aromatic rings. The van der Waals surface area contributed by atoms with Gasteiger partial charge in [-0.05, 0) is 103 Å². The largest absolute Gasteiger partial charge is 0.420 e. The van der Waals surface area contributed by atoms with Crippen LogP contribution in [-0.4, -0.2) is 23.5 Å². The number of aryl methyl sites for hydroxylation is 4. The Kier molecular flexibility index (Phi) is 13.2. The van der Waals surface area contributed by atoms with Crippen LogP contribution in [0.4, 0.5) is 45.6 Å². The number of para-hydroxylation sites is 5. The Bertz CT molecular complexity index is 4150. The van der Waals surface area contributed by atoms with E-state index in [0.29, 0.717) is 0 Å². The maximum absolute atomic E-state index is 5.21. The summed E-state index contributed by atoms with van der Waals surface area (Å²) in [6.07, 6.45) is 5.83. The van der Waals surface area contributed by atoms with Crippen LogP contribution in [0.1, 0.15) is 22.3 Å². The molecule has 4 heterocycles. The van der Waals surface area contributed by atoms with E-state index in [4.69, 9.17) is 4.98 Å². The van der Waals surface area contributed by atoms with Crippen LogP contribution in [0.5, 0.6) is 0 Å². The van der Waals surface area contributed by atoms with Gasteiger partial charge in [-0.15, -0.1) is 24.3 Å². The van der Waals surface area contributed by atoms with Gasteiger partial charge in [-0.2, -0.15) is 18.2 Å². The molecule has 10 heteroatoms. The van der Waals surface area contributed by atoms with Gasteiger partial charge in [0.1, 0.15) is 5.82 Å². The second-order valence-corrected chi connectivity index (χ2v) is 20.5. The molecule has 386 valence electrons. The molecular formula is C70H53B2N7Pt-2. The van der Waals surface area contributed by atoms with Gasteiger partial charge in [0, 0.05) is 38.6 Å². The summed E-state index contributed by atoms with van der Waals surface area (Å²) in [5.74, 6) is 0.868. The number of pyridine rings is 1. The van der Waals surface area contributed by atoms with Crippen molar-refractivity contribution < 1.29 is 25.6 Å². The number of hydrogen-bond acceptors (Lipinski definition) is 5. The number of hydrogen-bond donors (Lipinski definition) is 0. The zero-order valence-electron chi connectivity index (χ0n) is 44.8. The van der Waals surface area contributed by atoms with Gasteiger partial charge < -0.3 is 23.8 Å². The first-order valence-electron chi connectivity index (χ1n) is 27.0. The molecule has 2 aliphatic heterocycles. The van der Waals surface area contributed by atoms with Gasteiger partial charge in [0.15, 0.2) is 0 Å². The third-order valence-electron chi connectivity index (χ3n) is 15.8. The number of aromatic nitrogens is 3. The molecule has 2 aliphatic rings. The first-order valence-corrected chi connectivity index (χ1v) is 27.0. The molecule has 0 saturated heterocycles. The van der Waals surface area contributed by atoms with Crippen molar-refractivity contribution >= 4 is 81.6 Å². The zero-order chi connectivity index (χ0) is 53.1. The maximum Gasteiger partial charge on any atom is 0.420 e. The molecule has 80 heavy (non-hydrogen) atoms. The summed E-state index contributed by atoms with van der Waals surface area (Å²) >= 11 is 0. The first kappa shape index (κ1) is 50.3. The SMILES string of the molecule is Cc1cccc(C)c1B1N(c2[c-]c(-n3[c-][n+](-c4c(-c5ccccc5)cccc4-c4ccccc4)c4ccccc43)ccc2)c2[c-]c(N3B(c4c(C)cccc4C)N(c4ccccc4)c4cccnc43)ccc2N1c1ccccc1.[Pt]. The standard InChI is InChI=1S/C70H53B2N7.Pt/c1-49-24-19-25-50(2)67(49)71-76(55-32-13-7-14-33-55)64-44-43-59(79-70-65(42-23-45-73-70)77(56-34-15-8-16-35-56)72(79)68-51(3)26-20-27-52(68)4)47-66(64)78(71)58-37-21-36-57(46-58)74-48-75(63-41-18-17-40-62(63)74)69-60(53-28-9-5-10-29-53)38-22-39-61(69)54-30-11-6-12-31-54;/h5-45H,1-4H3;/q-2;. The molecule has 14 rings (SSSR count). The van der Waals surface area contributed by atoms with E-state index in [1.54, 1.807) is 0 Å². The second-order valence-electron chi connectivity index (χ2n) is 20.5. The number of rotatable bonds is 10. The van der Waals surface area contributed by atoms with Gasteiger partial charge in [-0.25, -0.2) is 4.98 Å². The zero-order valence-corrected chi connectivity index (χ0v) is 47.0. The van der Waals surface area contributed by atoms with E-state index in [-0.39, 0.29) is 35.0 Å². The third-order valence-corrected chi connectivity index (χ3v) is 15.8. The first-order chi connectivity index (χ1) is 38.9. The number of benzene rings is 10. The van der Waals surface area contributed by atoms with E-state index in [1.165, 1.54) is 33.2 Å². The van der Waals surface area contributed by atoms with Crippen LogP contribution in [0.3, 0.4) is 0 Å². The van der Waals surface area contributed by atoms with E-state index >= 15 is 0 Å². The van der Waals surface area contributed by atoms with Crippen molar-refractivity contribution in [2.75, 3.05) is 19.2 Å². The molecule has 0 bridgehead atoms. The molecule has 2 aromatic heterocycles. The fraction of sp³-hybridized carbons (Fsp3) is 0.0571. The van der Waals surface area contributed by atoms with Gasteiger partial charge in [0.25, 0.3) is 6.33 Å². The Hall–Kier alpha value is -9.16. The summed E-state index contributed by atoms with van der Waals surface area (Å²) < 4.78 is 4.42. The van der Waals surface area contributed by atoms with Crippen molar-refractivity contribution in [1.82, 2.24) is 9.55 Å². The summed E-state index contributed by atoms with van der Waals surface area (Å²) in [4.78, 5) is 15.0. The van der Waals surface area contributed by atoms with Crippen molar-refractivity contribution in [3.63, 3.8) is 0 Å². The fourth-order valence-electron chi connectivity index (χ4n) is 12.3. The summed E-state index contributed by atoms with van der Waals surface area (Å²) in [5.41, 5.74) is 22.6. The molecular weight excluding hydrogens is 1160 g/mol. The number of nitrogens with zero attached hydrogens (tertiary/aromatic N) is 7. The topological polar surface area (TPSA) is 34.7 Å². The summed E-state index contributed by atoms with van der Waals surface area (Å²) in [7, 11) is 0. The summed E-state index contributed by atoms with van der Waals surface area (Å²) in [6.45, 7) is 8.32. The summed E-state index contributed by atoms with van der Waals surface area (Å²) in [6, 6.07) is 94.8.